The lowest BCUT2D eigenvalue weighted by atomic mass is 10.1. The third-order valence-corrected chi connectivity index (χ3v) is 3.63. The lowest BCUT2D eigenvalue weighted by Gasteiger charge is -2.18. The lowest BCUT2D eigenvalue weighted by Crippen LogP contribution is -2.43. The molecule has 1 aromatic rings. The van der Waals surface area contributed by atoms with E-state index in [1.54, 1.807) is 0 Å². The van der Waals surface area contributed by atoms with Gasteiger partial charge in [-0.2, -0.15) is 0 Å². The van der Waals surface area contributed by atoms with Crippen molar-refractivity contribution in [3.05, 3.63) is 29.3 Å². The molecule has 0 saturated carbocycles. The fourth-order valence-electron chi connectivity index (χ4n) is 2.47. The number of amides is 1. The first-order chi connectivity index (χ1) is 9.08. The molecule has 1 aliphatic heterocycles. The van der Waals surface area contributed by atoms with Crippen LogP contribution < -0.4 is 15.4 Å². The summed E-state index contributed by atoms with van der Waals surface area (Å²) in [5, 5.41) is 6.32. The van der Waals surface area contributed by atoms with E-state index in [-0.39, 0.29) is 18.6 Å². The van der Waals surface area contributed by atoms with E-state index in [0.29, 0.717) is 6.04 Å². The van der Waals surface area contributed by atoms with Gasteiger partial charge in [0.25, 0.3) is 5.91 Å². The standard InChI is InChI=1S/C15H22N2O2/c1-10-5-4-6-11(2)15(10)19-9-14(18)17-13-7-8-16-12(13)3/h4-6,12-13,16H,7-9H2,1-3H3,(H,17,18)/t12-,13+/m0/s1. The van der Waals surface area contributed by atoms with Crippen molar-refractivity contribution in [2.75, 3.05) is 13.2 Å². The summed E-state index contributed by atoms with van der Waals surface area (Å²) in [4.78, 5) is 11.9. The van der Waals surface area contributed by atoms with Gasteiger partial charge in [0.15, 0.2) is 6.61 Å². The number of benzene rings is 1. The molecule has 4 heteroatoms. The van der Waals surface area contributed by atoms with Crippen LogP contribution in [-0.2, 0) is 4.79 Å². The number of rotatable bonds is 4. The number of carbonyl (C=O) groups excluding carboxylic acids is 1. The third kappa shape index (κ3) is 3.47. The number of carbonyl (C=O) groups is 1. The van der Waals surface area contributed by atoms with Gasteiger partial charge >= 0.3 is 0 Å². The molecule has 0 radical (unpaired) electrons. The minimum absolute atomic E-state index is 0.0526. The van der Waals surface area contributed by atoms with E-state index in [2.05, 4.69) is 17.6 Å². The summed E-state index contributed by atoms with van der Waals surface area (Å²) in [6.07, 6.45) is 0.982. The molecule has 2 rings (SSSR count). The van der Waals surface area contributed by atoms with E-state index in [9.17, 15) is 4.79 Å². The highest BCUT2D eigenvalue weighted by molar-refractivity contribution is 5.78. The maximum absolute atomic E-state index is 11.9. The number of aryl methyl sites for hydroxylation is 2. The minimum Gasteiger partial charge on any atom is -0.483 e. The Morgan fingerprint density at radius 1 is 1.42 bits per heavy atom. The molecule has 4 nitrogen and oxygen atoms in total. The normalized spacial score (nSPS) is 22.3. The van der Waals surface area contributed by atoms with Crippen LogP contribution in [0.25, 0.3) is 0 Å². The van der Waals surface area contributed by atoms with E-state index in [0.717, 1.165) is 29.8 Å². The summed E-state index contributed by atoms with van der Waals surface area (Å²) in [6.45, 7) is 7.11. The van der Waals surface area contributed by atoms with Gasteiger partial charge in [-0.1, -0.05) is 18.2 Å². The van der Waals surface area contributed by atoms with Crippen molar-refractivity contribution in [1.82, 2.24) is 10.6 Å². The first kappa shape index (κ1) is 13.9. The molecule has 104 valence electrons. The Balaban J connectivity index is 1.86. The Morgan fingerprint density at radius 3 is 2.68 bits per heavy atom. The molecule has 1 aliphatic rings. The molecule has 2 N–H and O–H groups in total. The molecule has 0 spiro atoms. The summed E-state index contributed by atoms with van der Waals surface area (Å²) in [7, 11) is 0. The summed E-state index contributed by atoms with van der Waals surface area (Å²) >= 11 is 0. The van der Waals surface area contributed by atoms with Crippen LogP contribution in [0.4, 0.5) is 0 Å². The van der Waals surface area contributed by atoms with E-state index >= 15 is 0 Å². The second kappa shape index (κ2) is 6.06. The van der Waals surface area contributed by atoms with Crippen LogP contribution in [0.15, 0.2) is 18.2 Å². The highest BCUT2D eigenvalue weighted by Crippen LogP contribution is 2.22. The van der Waals surface area contributed by atoms with Gasteiger partial charge in [-0.25, -0.2) is 0 Å². The molecular formula is C15H22N2O2. The van der Waals surface area contributed by atoms with Gasteiger partial charge in [-0.3, -0.25) is 4.79 Å². The van der Waals surface area contributed by atoms with Crippen molar-refractivity contribution in [1.29, 1.82) is 0 Å². The van der Waals surface area contributed by atoms with Crippen molar-refractivity contribution < 1.29 is 9.53 Å². The number of ether oxygens (including phenoxy) is 1. The van der Waals surface area contributed by atoms with Gasteiger partial charge < -0.3 is 15.4 Å². The molecule has 1 saturated heterocycles. The zero-order valence-corrected chi connectivity index (χ0v) is 11.8. The van der Waals surface area contributed by atoms with Gasteiger partial charge in [0.05, 0.1) is 0 Å². The average molecular weight is 262 g/mol. The minimum atomic E-state index is -0.0526. The monoisotopic (exact) mass is 262 g/mol. The molecule has 1 heterocycles. The van der Waals surface area contributed by atoms with Gasteiger partial charge in [0.2, 0.25) is 0 Å². The molecule has 0 unspecified atom stereocenters. The molecule has 19 heavy (non-hydrogen) atoms. The van der Waals surface area contributed by atoms with Crippen molar-refractivity contribution in [3.63, 3.8) is 0 Å². The van der Waals surface area contributed by atoms with Crippen molar-refractivity contribution >= 4 is 5.91 Å². The van der Waals surface area contributed by atoms with Crippen LogP contribution in [0.1, 0.15) is 24.5 Å². The highest BCUT2D eigenvalue weighted by atomic mass is 16.5. The molecule has 2 atom stereocenters. The number of para-hydroxylation sites is 1. The number of nitrogens with one attached hydrogen (secondary N) is 2. The lowest BCUT2D eigenvalue weighted by molar-refractivity contribution is -0.123. The average Bonchev–Trinajstić information content (AvgIpc) is 2.74. The topological polar surface area (TPSA) is 50.4 Å². The largest absolute Gasteiger partial charge is 0.483 e. The fourth-order valence-corrected chi connectivity index (χ4v) is 2.47. The number of hydrogen-bond donors (Lipinski definition) is 2. The first-order valence-electron chi connectivity index (χ1n) is 6.79. The summed E-state index contributed by atoms with van der Waals surface area (Å²) in [5.41, 5.74) is 2.12. The van der Waals surface area contributed by atoms with Crippen LogP contribution in [-0.4, -0.2) is 31.1 Å². The van der Waals surface area contributed by atoms with Crippen LogP contribution in [0.2, 0.25) is 0 Å². The second-order valence-corrected chi connectivity index (χ2v) is 5.22. The van der Waals surface area contributed by atoms with E-state index < -0.39 is 0 Å². The van der Waals surface area contributed by atoms with E-state index in [1.165, 1.54) is 0 Å². The summed E-state index contributed by atoms with van der Waals surface area (Å²) in [6, 6.07) is 6.52. The smallest absolute Gasteiger partial charge is 0.258 e. The van der Waals surface area contributed by atoms with Gasteiger partial charge in [0.1, 0.15) is 5.75 Å². The molecule has 1 aromatic carbocycles. The quantitative estimate of drug-likeness (QED) is 0.865. The Morgan fingerprint density at radius 2 is 2.11 bits per heavy atom. The highest BCUT2D eigenvalue weighted by Gasteiger charge is 2.24. The summed E-state index contributed by atoms with van der Waals surface area (Å²) in [5.74, 6) is 0.762. The number of hydrogen-bond acceptors (Lipinski definition) is 3. The van der Waals surface area contributed by atoms with Crippen molar-refractivity contribution in [3.8, 4) is 5.75 Å². The molecule has 1 amide bonds. The first-order valence-corrected chi connectivity index (χ1v) is 6.79. The van der Waals surface area contributed by atoms with Crippen LogP contribution >= 0.6 is 0 Å². The predicted octanol–water partition coefficient (Wildman–Crippen LogP) is 1.55. The van der Waals surface area contributed by atoms with Crippen LogP contribution in [0.3, 0.4) is 0 Å². The molecule has 0 aliphatic carbocycles. The SMILES string of the molecule is Cc1cccc(C)c1OCC(=O)N[C@@H]1CCN[C@H]1C. The van der Waals surface area contributed by atoms with Crippen molar-refractivity contribution in [2.24, 2.45) is 0 Å². The fraction of sp³-hybridized carbons (Fsp3) is 0.533. The Hall–Kier alpha value is -1.55. The zero-order valence-electron chi connectivity index (χ0n) is 11.8. The predicted molar refractivity (Wildman–Crippen MR) is 75.4 cm³/mol. The molecular weight excluding hydrogens is 240 g/mol. The molecule has 1 fully saturated rings. The third-order valence-electron chi connectivity index (χ3n) is 3.63. The van der Waals surface area contributed by atoms with E-state index in [4.69, 9.17) is 4.74 Å². The Bertz CT molecular complexity index is 439. The van der Waals surface area contributed by atoms with Gasteiger partial charge in [0, 0.05) is 12.1 Å². The molecule has 0 bridgehead atoms. The molecule has 0 aromatic heterocycles. The van der Waals surface area contributed by atoms with E-state index in [1.807, 2.05) is 32.0 Å². The van der Waals surface area contributed by atoms with Gasteiger partial charge in [-0.05, 0) is 44.9 Å². The maximum atomic E-state index is 11.9. The summed E-state index contributed by atoms with van der Waals surface area (Å²) < 4.78 is 5.64. The Labute approximate surface area is 114 Å². The zero-order chi connectivity index (χ0) is 13.8. The van der Waals surface area contributed by atoms with Crippen LogP contribution in [0, 0.1) is 13.8 Å². The maximum Gasteiger partial charge on any atom is 0.258 e. The Kier molecular flexibility index (Phi) is 4.43. The van der Waals surface area contributed by atoms with Crippen molar-refractivity contribution in [2.45, 2.75) is 39.3 Å². The second-order valence-electron chi connectivity index (χ2n) is 5.22. The van der Waals surface area contributed by atoms with Crippen LogP contribution in [0.5, 0.6) is 5.75 Å². The van der Waals surface area contributed by atoms with Gasteiger partial charge in [-0.15, -0.1) is 0 Å².